The van der Waals surface area contributed by atoms with Crippen LogP contribution in [0.25, 0.3) is 0 Å². The molecular weight excluding hydrogens is 674 g/mol. The Morgan fingerprint density at radius 1 is 0.421 bits per heavy atom. The summed E-state index contributed by atoms with van der Waals surface area (Å²) in [6, 6.07) is 13.2. The average molecular weight is 736 g/mol. The summed E-state index contributed by atoms with van der Waals surface area (Å²) in [5.41, 5.74) is 0. The van der Waals surface area contributed by atoms with Gasteiger partial charge in [0.2, 0.25) is 0 Å². The van der Waals surface area contributed by atoms with Crippen molar-refractivity contribution in [2.45, 2.75) is 145 Å². The van der Waals surface area contributed by atoms with Crippen molar-refractivity contribution < 1.29 is 0 Å². The molecule has 0 saturated carbocycles. The summed E-state index contributed by atoms with van der Waals surface area (Å²) in [6.45, 7) is 14.0. The van der Waals surface area contributed by atoms with Gasteiger partial charge in [-0.05, 0) is 0 Å². The molecule has 0 bridgehead atoms. The standard InChI is InChI=1S/2C5H4N.6C4H9.2Sn/c2*1-2-4-6-5-3-1;6*1-3-4-2;;/h2*1-4H;6*1,3-4H2,2H3;;. The predicted molar refractivity (Wildman–Crippen MR) is 178 cm³/mol. The molecule has 0 saturated heterocycles. The molecule has 0 atom stereocenters. The van der Waals surface area contributed by atoms with E-state index in [2.05, 4.69) is 77.9 Å². The second-order valence-corrected chi connectivity index (χ2v) is 37.7. The van der Waals surface area contributed by atoms with Crippen molar-refractivity contribution in [2.24, 2.45) is 0 Å². The molecular formula is C34H62N2Sn2. The van der Waals surface area contributed by atoms with Gasteiger partial charge in [0.25, 0.3) is 0 Å². The molecule has 0 aliphatic carbocycles. The number of unbranched alkanes of at least 4 members (excludes halogenated alkanes) is 6. The van der Waals surface area contributed by atoms with Crippen LogP contribution in [0.3, 0.4) is 0 Å². The maximum atomic E-state index is 4.80. The zero-order valence-corrected chi connectivity index (χ0v) is 31.9. The summed E-state index contributed by atoms with van der Waals surface area (Å²) in [5.74, 6) is 0. The Bertz CT molecular complexity index is 671. The molecule has 0 radical (unpaired) electrons. The first-order valence-corrected chi connectivity index (χ1v) is 31.4. The first-order valence-electron chi connectivity index (χ1n) is 16.4. The SMILES string of the molecule is CCC[CH2][Sn]([CH2]CCC)([CH2]CCC)[c]1ccccn1.CCC[CH2][Sn]([CH2]CCC)([CH2]CCC)[c]1ccccn1. The predicted octanol–water partition coefficient (Wildman–Crippen LogP) is 10.3. The van der Waals surface area contributed by atoms with Crippen LogP contribution < -0.4 is 7.42 Å². The van der Waals surface area contributed by atoms with Crippen molar-refractivity contribution in [2.75, 3.05) is 0 Å². The van der Waals surface area contributed by atoms with Crippen LogP contribution in [-0.4, -0.2) is 46.7 Å². The van der Waals surface area contributed by atoms with Crippen LogP contribution >= 0.6 is 0 Å². The summed E-state index contributed by atoms with van der Waals surface area (Å²) in [6.07, 6.45) is 20.6. The van der Waals surface area contributed by atoms with Crippen LogP contribution in [0.15, 0.2) is 48.8 Å². The number of aromatic nitrogens is 2. The van der Waals surface area contributed by atoms with Gasteiger partial charge in [-0.1, -0.05) is 0 Å². The molecule has 38 heavy (non-hydrogen) atoms. The Balaban J connectivity index is 0.000000380. The molecule has 2 aromatic rings. The zero-order valence-electron chi connectivity index (χ0n) is 26.2. The molecule has 2 heterocycles. The summed E-state index contributed by atoms with van der Waals surface area (Å²) < 4.78 is 12.2. The Labute approximate surface area is 246 Å². The molecule has 2 rings (SSSR count). The Hall–Kier alpha value is -0.103. The van der Waals surface area contributed by atoms with Gasteiger partial charge in [0.05, 0.1) is 0 Å². The van der Waals surface area contributed by atoms with E-state index in [0.29, 0.717) is 0 Å². The summed E-state index contributed by atoms with van der Waals surface area (Å²) in [5, 5.41) is 0. The molecule has 4 heteroatoms. The Morgan fingerprint density at radius 3 is 0.868 bits per heavy atom. The molecule has 0 aromatic carbocycles. The molecule has 2 aromatic heterocycles. The van der Waals surface area contributed by atoms with Crippen LogP contribution in [0.2, 0.25) is 26.6 Å². The fourth-order valence-corrected chi connectivity index (χ4v) is 36.8. The van der Waals surface area contributed by atoms with Crippen molar-refractivity contribution in [1.29, 1.82) is 0 Å². The van der Waals surface area contributed by atoms with E-state index in [1.807, 2.05) is 12.4 Å². The number of nitrogens with zero attached hydrogens (tertiary/aromatic N) is 2. The third-order valence-electron chi connectivity index (χ3n) is 8.47. The van der Waals surface area contributed by atoms with Crippen molar-refractivity contribution in [3.05, 3.63) is 48.8 Å². The van der Waals surface area contributed by atoms with Gasteiger partial charge >= 0.3 is 248 Å². The monoisotopic (exact) mass is 738 g/mol. The molecule has 2 nitrogen and oxygen atoms in total. The van der Waals surface area contributed by atoms with E-state index in [0.717, 1.165) is 0 Å². The van der Waals surface area contributed by atoms with Crippen LogP contribution in [0.4, 0.5) is 0 Å². The van der Waals surface area contributed by atoms with Gasteiger partial charge < -0.3 is 0 Å². The van der Waals surface area contributed by atoms with Gasteiger partial charge in [-0.25, -0.2) is 0 Å². The number of rotatable bonds is 20. The van der Waals surface area contributed by atoms with Crippen LogP contribution in [0, 0.1) is 0 Å². The fourth-order valence-electron chi connectivity index (χ4n) is 5.96. The molecule has 216 valence electrons. The fraction of sp³-hybridized carbons (Fsp3) is 0.706. The molecule has 0 aliphatic heterocycles. The van der Waals surface area contributed by atoms with Crippen LogP contribution in [-0.2, 0) is 0 Å². The van der Waals surface area contributed by atoms with Crippen molar-refractivity contribution in [3.63, 3.8) is 0 Å². The van der Waals surface area contributed by atoms with Gasteiger partial charge in [0.15, 0.2) is 0 Å². The average Bonchev–Trinajstić information content (AvgIpc) is 2.98. The van der Waals surface area contributed by atoms with Gasteiger partial charge in [0, 0.05) is 0 Å². The Kier molecular flexibility index (Phi) is 21.3. The summed E-state index contributed by atoms with van der Waals surface area (Å²) >= 11 is -4.41. The first-order chi connectivity index (χ1) is 18.6. The second kappa shape index (κ2) is 22.6. The first kappa shape index (κ1) is 35.9. The van der Waals surface area contributed by atoms with Gasteiger partial charge in [-0.2, -0.15) is 0 Å². The van der Waals surface area contributed by atoms with Gasteiger partial charge in [0.1, 0.15) is 0 Å². The third-order valence-corrected chi connectivity index (χ3v) is 38.8. The molecule has 0 aliphatic rings. The zero-order chi connectivity index (χ0) is 28.0. The number of pyridine rings is 2. The van der Waals surface area contributed by atoms with Gasteiger partial charge in [-0.3, -0.25) is 0 Å². The second-order valence-electron chi connectivity index (χ2n) is 11.6. The normalized spacial score (nSPS) is 11.7. The summed E-state index contributed by atoms with van der Waals surface area (Å²) in [4.78, 5) is 9.61. The molecule has 0 fully saturated rings. The van der Waals surface area contributed by atoms with Crippen LogP contribution in [0.1, 0.15) is 119 Å². The van der Waals surface area contributed by atoms with Crippen molar-refractivity contribution >= 4 is 44.2 Å². The van der Waals surface area contributed by atoms with Crippen LogP contribution in [0.5, 0.6) is 0 Å². The van der Waals surface area contributed by atoms with E-state index >= 15 is 0 Å². The third kappa shape index (κ3) is 13.0. The maximum absolute atomic E-state index is 4.80. The topological polar surface area (TPSA) is 25.8 Å². The van der Waals surface area contributed by atoms with Crippen molar-refractivity contribution in [3.8, 4) is 0 Å². The Morgan fingerprint density at radius 2 is 0.684 bits per heavy atom. The number of hydrogen-bond donors (Lipinski definition) is 0. The van der Waals surface area contributed by atoms with E-state index in [-0.39, 0.29) is 0 Å². The molecule has 0 spiro atoms. The summed E-state index contributed by atoms with van der Waals surface area (Å²) in [7, 11) is 0. The van der Waals surface area contributed by atoms with E-state index in [4.69, 9.17) is 9.97 Å². The van der Waals surface area contributed by atoms with E-state index in [1.165, 1.54) is 104 Å². The van der Waals surface area contributed by atoms with E-state index < -0.39 is 36.8 Å². The quantitative estimate of drug-likeness (QED) is 0.127. The number of hydrogen-bond acceptors (Lipinski definition) is 2. The van der Waals surface area contributed by atoms with E-state index in [9.17, 15) is 0 Å². The minimum absolute atomic E-state index is 1.34. The molecule has 0 unspecified atom stereocenters. The van der Waals surface area contributed by atoms with Crippen molar-refractivity contribution in [1.82, 2.24) is 9.97 Å². The van der Waals surface area contributed by atoms with E-state index in [1.54, 1.807) is 7.42 Å². The molecule has 0 amide bonds. The minimum atomic E-state index is -2.21. The molecule has 0 N–H and O–H groups in total. The van der Waals surface area contributed by atoms with Gasteiger partial charge in [-0.15, -0.1) is 0 Å².